The largest absolute Gasteiger partial charge is 0.495 e. The van der Waals surface area contributed by atoms with E-state index in [2.05, 4.69) is 45.4 Å². The maximum Gasteiger partial charge on any atom is 0.412 e. The predicted molar refractivity (Wildman–Crippen MR) is 134 cm³/mol. The smallest absolute Gasteiger partial charge is 0.412 e. The van der Waals surface area contributed by atoms with Crippen molar-refractivity contribution in [2.45, 2.75) is 38.8 Å². The zero-order valence-electron chi connectivity index (χ0n) is 20.6. The highest BCUT2D eigenvalue weighted by molar-refractivity contribution is 5.93. The number of hydrogen-bond donors (Lipinski definition) is 2. The number of carbonyl (C=O) groups excluding carboxylic acids is 1. The monoisotopic (exact) mass is 467 g/mol. The molecule has 34 heavy (non-hydrogen) atoms. The van der Waals surface area contributed by atoms with Crippen LogP contribution in [0.15, 0.2) is 30.6 Å². The zero-order valence-corrected chi connectivity index (χ0v) is 20.6. The minimum atomic E-state index is -0.599. The van der Waals surface area contributed by atoms with Crippen LogP contribution in [0, 0.1) is 0 Å². The summed E-state index contributed by atoms with van der Waals surface area (Å²) in [5.74, 6) is 1.88. The number of amides is 1. The van der Waals surface area contributed by atoms with Crippen LogP contribution in [-0.4, -0.2) is 71.5 Å². The van der Waals surface area contributed by atoms with Crippen molar-refractivity contribution < 1.29 is 14.3 Å². The van der Waals surface area contributed by atoms with Crippen molar-refractivity contribution >= 4 is 28.9 Å². The van der Waals surface area contributed by atoms with Crippen molar-refractivity contribution in [1.29, 1.82) is 0 Å². The number of carbonyl (C=O) groups is 1. The summed E-state index contributed by atoms with van der Waals surface area (Å²) in [6, 6.07) is 8.14. The van der Waals surface area contributed by atoms with Gasteiger partial charge in [-0.2, -0.15) is 5.10 Å². The molecule has 1 saturated heterocycles. The Morgan fingerprint density at radius 1 is 1.26 bits per heavy atom. The Kier molecular flexibility index (Phi) is 6.26. The number of nitrogen functional groups attached to an aromatic ring is 1. The Labute approximate surface area is 199 Å². The number of hydrogen-bond acceptors (Lipinski definition) is 8. The Balaban J connectivity index is 1.72. The summed E-state index contributed by atoms with van der Waals surface area (Å²) < 4.78 is 12.8. The standard InChI is InChI=1S/C24H33N7O3/c1-24(2,3)34-23(32)28-18-8-7-15(11-19(18)33-6)17-12-20(30-10-9-16(13-30)29(4)5)31-21(17)22(25)26-14-27-31/h7-8,11-12,14,16H,9-10,13H2,1-6H3,(H,28,32)(H2,25,26,27)/t16-/m1/s1. The molecule has 3 heterocycles. The van der Waals surface area contributed by atoms with Crippen molar-refractivity contribution in [3.05, 3.63) is 30.6 Å². The second-order valence-corrected chi connectivity index (χ2v) is 9.72. The van der Waals surface area contributed by atoms with Gasteiger partial charge in [0.25, 0.3) is 0 Å². The Hall–Kier alpha value is -3.53. The van der Waals surface area contributed by atoms with E-state index in [0.29, 0.717) is 23.3 Å². The van der Waals surface area contributed by atoms with Crippen LogP contribution in [0.4, 0.5) is 22.1 Å². The molecule has 0 bridgehead atoms. The number of ether oxygens (including phenoxy) is 2. The quantitative estimate of drug-likeness (QED) is 0.587. The number of likely N-dealkylation sites (N-methyl/N-ethyl adjacent to an activating group) is 1. The first-order valence-electron chi connectivity index (χ1n) is 11.3. The van der Waals surface area contributed by atoms with Crippen LogP contribution in [0.25, 0.3) is 16.6 Å². The maximum absolute atomic E-state index is 12.3. The molecule has 2 aromatic heterocycles. The average molecular weight is 468 g/mol. The molecule has 1 amide bonds. The van der Waals surface area contributed by atoms with Gasteiger partial charge in [-0.25, -0.2) is 14.3 Å². The van der Waals surface area contributed by atoms with E-state index >= 15 is 0 Å². The van der Waals surface area contributed by atoms with Gasteiger partial charge in [-0.15, -0.1) is 0 Å². The molecular weight excluding hydrogens is 434 g/mol. The number of nitrogens with one attached hydrogen (secondary N) is 1. The van der Waals surface area contributed by atoms with Crippen molar-refractivity contribution in [1.82, 2.24) is 19.5 Å². The van der Waals surface area contributed by atoms with Crippen LogP contribution in [0.2, 0.25) is 0 Å². The van der Waals surface area contributed by atoms with Crippen molar-refractivity contribution in [2.24, 2.45) is 0 Å². The second-order valence-electron chi connectivity index (χ2n) is 9.72. The molecule has 1 aliphatic rings. The van der Waals surface area contributed by atoms with Gasteiger partial charge >= 0.3 is 6.09 Å². The molecule has 182 valence electrons. The van der Waals surface area contributed by atoms with E-state index in [9.17, 15) is 4.79 Å². The van der Waals surface area contributed by atoms with Crippen molar-refractivity contribution in [3.8, 4) is 16.9 Å². The van der Waals surface area contributed by atoms with Gasteiger partial charge in [-0.05, 0) is 65.0 Å². The molecule has 1 atom stereocenters. The van der Waals surface area contributed by atoms with E-state index in [1.807, 2.05) is 37.4 Å². The van der Waals surface area contributed by atoms with E-state index in [1.54, 1.807) is 13.2 Å². The summed E-state index contributed by atoms with van der Waals surface area (Å²) in [5, 5.41) is 7.26. The number of nitrogens with two attached hydrogens (primary N) is 1. The van der Waals surface area contributed by atoms with Gasteiger partial charge in [-0.1, -0.05) is 6.07 Å². The lowest BCUT2D eigenvalue weighted by Gasteiger charge is -2.21. The number of benzene rings is 1. The predicted octanol–water partition coefficient (Wildman–Crippen LogP) is 3.47. The highest BCUT2D eigenvalue weighted by atomic mass is 16.6. The first-order valence-corrected chi connectivity index (χ1v) is 11.3. The molecule has 10 nitrogen and oxygen atoms in total. The normalized spacial score (nSPS) is 16.3. The fourth-order valence-corrected chi connectivity index (χ4v) is 4.24. The van der Waals surface area contributed by atoms with Gasteiger partial charge in [0.2, 0.25) is 0 Å². The molecule has 10 heteroatoms. The summed E-state index contributed by atoms with van der Waals surface area (Å²) in [7, 11) is 5.77. The molecule has 3 aromatic rings. The molecule has 1 fully saturated rings. The van der Waals surface area contributed by atoms with Crippen LogP contribution >= 0.6 is 0 Å². The van der Waals surface area contributed by atoms with E-state index in [1.165, 1.54) is 6.33 Å². The number of rotatable bonds is 5. The third kappa shape index (κ3) is 4.72. The second kappa shape index (κ2) is 9.02. The summed E-state index contributed by atoms with van der Waals surface area (Å²) in [6.07, 6.45) is 2.01. The van der Waals surface area contributed by atoms with Crippen LogP contribution in [0.5, 0.6) is 5.75 Å². The topological polar surface area (TPSA) is 110 Å². The van der Waals surface area contributed by atoms with E-state index in [-0.39, 0.29) is 0 Å². The highest BCUT2D eigenvalue weighted by Crippen LogP contribution is 2.38. The summed E-state index contributed by atoms with van der Waals surface area (Å²) in [4.78, 5) is 21.1. The number of anilines is 3. The van der Waals surface area contributed by atoms with Gasteiger partial charge in [0.05, 0.1) is 12.8 Å². The van der Waals surface area contributed by atoms with Crippen LogP contribution in [-0.2, 0) is 4.74 Å². The molecular formula is C24H33N7O3. The molecule has 0 saturated carbocycles. The van der Waals surface area contributed by atoms with Crippen LogP contribution in [0.1, 0.15) is 27.2 Å². The van der Waals surface area contributed by atoms with Gasteiger partial charge in [0.1, 0.15) is 29.0 Å². The molecule has 0 spiro atoms. The third-order valence-corrected chi connectivity index (χ3v) is 5.93. The molecule has 0 unspecified atom stereocenters. The molecule has 0 radical (unpaired) electrons. The molecule has 1 aliphatic heterocycles. The summed E-state index contributed by atoms with van der Waals surface area (Å²) in [5.41, 5.74) is 8.72. The van der Waals surface area contributed by atoms with Crippen LogP contribution < -0.4 is 20.7 Å². The lowest BCUT2D eigenvalue weighted by molar-refractivity contribution is 0.0635. The van der Waals surface area contributed by atoms with E-state index < -0.39 is 11.7 Å². The fourth-order valence-electron chi connectivity index (χ4n) is 4.24. The molecule has 3 N–H and O–H groups in total. The number of aromatic nitrogens is 3. The van der Waals surface area contributed by atoms with Gasteiger partial charge in [0, 0.05) is 24.7 Å². The van der Waals surface area contributed by atoms with Crippen molar-refractivity contribution in [2.75, 3.05) is 50.2 Å². The van der Waals surface area contributed by atoms with Crippen LogP contribution in [0.3, 0.4) is 0 Å². The maximum atomic E-state index is 12.3. The average Bonchev–Trinajstić information content (AvgIpc) is 3.38. The number of methoxy groups -OCH3 is 1. The minimum absolute atomic E-state index is 0.398. The zero-order chi connectivity index (χ0) is 24.6. The first-order chi connectivity index (χ1) is 16.1. The van der Waals surface area contributed by atoms with Gasteiger partial charge in [0.15, 0.2) is 5.82 Å². The minimum Gasteiger partial charge on any atom is -0.495 e. The Morgan fingerprint density at radius 2 is 2.03 bits per heavy atom. The first kappa shape index (κ1) is 23.6. The Morgan fingerprint density at radius 3 is 2.68 bits per heavy atom. The third-order valence-electron chi connectivity index (χ3n) is 5.93. The summed E-state index contributed by atoms with van der Waals surface area (Å²) >= 11 is 0. The molecule has 4 rings (SSSR count). The SMILES string of the molecule is COc1cc(-c2cc(N3CC[C@@H](N(C)C)C3)n3ncnc(N)c23)ccc1NC(=O)OC(C)(C)C. The van der Waals surface area contributed by atoms with Gasteiger partial charge in [-0.3, -0.25) is 5.32 Å². The van der Waals surface area contributed by atoms with E-state index in [4.69, 9.17) is 15.2 Å². The van der Waals surface area contributed by atoms with E-state index in [0.717, 1.165) is 42.0 Å². The highest BCUT2D eigenvalue weighted by Gasteiger charge is 2.28. The lowest BCUT2D eigenvalue weighted by Crippen LogP contribution is -2.31. The van der Waals surface area contributed by atoms with Crippen molar-refractivity contribution in [3.63, 3.8) is 0 Å². The molecule has 1 aromatic carbocycles. The fraction of sp³-hybridized carbons (Fsp3) is 0.458. The summed E-state index contributed by atoms with van der Waals surface area (Å²) in [6.45, 7) is 7.29. The lowest BCUT2D eigenvalue weighted by atomic mass is 10.1. The van der Waals surface area contributed by atoms with Gasteiger partial charge < -0.3 is 25.0 Å². The number of fused-ring (bicyclic) bond motifs is 1. The molecule has 0 aliphatic carbocycles. The Bertz CT molecular complexity index is 1200. The number of nitrogens with zero attached hydrogens (tertiary/aromatic N) is 5.